The zero-order valence-electron chi connectivity index (χ0n) is 11.9. The predicted molar refractivity (Wildman–Crippen MR) is 74.3 cm³/mol. The van der Waals surface area contributed by atoms with Gasteiger partial charge in [0.15, 0.2) is 11.4 Å². The van der Waals surface area contributed by atoms with Crippen molar-refractivity contribution in [2.75, 3.05) is 39.6 Å². The van der Waals surface area contributed by atoms with Gasteiger partial charge in [0.1, 0.15) is 12.4 Å². The van der Waals surface area contributed by atoms with Gasteiger partial charge in [0.25, 0.3) is 0 Å². The topological polar surface area (TPSA) is 141 Å². The van der Waals surface area contributed by atoms with E-state index in [2.05, 4.69) is 4.98 Å². The van der Waals surface area contributed by atoms with Crippen molar-refractivity contribution in [3.63, 3.8) is 0 Å². The quantitative estimate of drug-likeness (QED) is 0.475. The number of rotatable bonds is 11. The number of carbonyl (C=O) groups is 2. The fourth-order valence-electron chi connectivity index (χ4n) is 1.43. The van der Waals surface area contributed by atoms with Crippen LogP contribution in [0.15, 0.2) is 12.1 Å². The van der Waals surface area contributed by atoms with Gasteiger partial charge < -0.3 is 30.2 Å². The second kappa shape index (κ2) is 9.66. The smallest absolute Gasteiger partial charge is 0.354 e. The number of aromatic nitrogens is 1. The van der Waals surface area contributed by atoms with Gasteiger partial charge in [-0.1, -0.05) is 0 Å². The molecule has 0 fully saturated rings. The van der Waals surface area contributed by atoms with E-state index in [1.807, 2.05) is 0 Å². The molecule has 0 aliphatic rings. The van der Waals surface area contributed by atoms with Crippen molar-refractivity contribution < 1.29 is 34.0 Å². The summed E-state index contributed by atoms with van der Waals surface area (Å²) in [4.78, 5) is 25.2. The SMILES string of the molecule is NCCOCCOCCOc1cc(C(=O)O)nc(C(=O)O)c1. The Kier molecular flexibility index (Phi) is 7.83. The lowest BCUT2D eigenvalue weighted by Crippen LogP contribution is -2.14. The van der Waals surface area contributed by atoms with Crippen molar-refractivity contribution in [2.45, 2.75) is 0 Å². The van der Waals surface area contributed by atoms with Crippen molar-refractivity contribution in [2.24, 2.45) is 5.73 Å². The normalized spacial score (nSPS) is 10.4. The molecule has 0 bridgehead atoms. The van der Waals surface area contributed by atoms with Gasteiger partial charge in [-0.25, -0.2) is 14.6 Å². The van der Waals surface area contributed by atoms with E-state index < -0.39 is 23.3 Å². The summed E-state index contributed by atoms with van der Waals surface area (Å²) in [6.45, 7) is 2.09. The molecule has 122 valence electrons. The Hall–Kier alpha value is -2.23. The van der Waals surface area contributed by atoms with Crippen molar-refractivity contribution in [1.82, 2.24) is 4.98 Å². The molecule has 1 aromatic rings. The number of carboxylic acid groups (broad SMARTS) is 2. The minimum absolute atomic E-state index is 0.104. The number of nitrogens with zero attached hydrogens (tertiary/aromatic N) is 1. The third kappa shape index (κ3) is 6.48. The molecule has 0 aliphatic carbocycles. The standard InChI is InChI=1S/C13H18N2O7/c14-1-2-20-3-4-21-5-6-22-9-7-10(12(16)17)15-11(8-9)13(18)19/h7-8H,1-6,14H2,(H,16,17)(H,18,19). The summed E-state index contributed by atoms with van der Waals surface area (Å²) in [7, 11) is 0. The van der Waals surface area contributed by atoms with E-state index in [1.54, 1.807) is 0 Å². The van der Waals surface area contributed by atoms with Crippen LogP contribution in [0.1, 0.15) is 21.0 Å². The molecule has 0 aromatic carbocycles. The minimum Gasteiger partial charge on any atom is -0.491 e. The Morgan fingerprint density at radius 3 is 1.95 bits per heavy atom. The van der Waals surface area contributed by atoms with Gasteiger partial charge in [-0.2, -0.15) is 0 Å². The molecule has 0 radical (unpaired) electrons. The summed E-state index contributed by atoms with van der Waals surface area (Å²) < 4.78 is 15.6. The van der Waals surface area contributed by atoms with Crippen LogP contribution in [0.2, 0.25) is 0 Å². The van der Waals surface area contributed by atoms with E-state index in [0.29, 0.717) is 26.4 Å². The van der Waals surface area contributed by atoms with Crippen molar-refractivity contribution in [3.8, 4) is 5.75 Å². The second-order valence-corrected chi connectivity index (χ2v) is 4.05. The molecule has 4 N–H and O–H groups in total. The highest BCUT2D eigenvalue weighted by atomic mass is 16.5. The van der Waals surface area contributed by atoms with Crippen LogP contribution in [0.4, 0.5) is 0 Å². The maximum Gasteiger partial charge on any atom is 0.354 e. The summed E-state index contributed by atoms with van der Waals surface area (Å²) in [5.41, 5.74) is 4.45. The van der Waals surface area contributed by atoms with E-state index in [1.165, 1.54) is 0 Å². The number of ether oxygens (including phenoxy) is 3. The first kappa shape index (κ1) is 17.8. The highest BCUT2D eigenvalue weighted by Gasteiger charge is 2.13. The van der Waals surface area contributed by atoms with Gasteiger partial charge in [0.05, 0.1) is 26.4 Å². The molecule has 1 rings (SSSR count). The number of nitrogens with two attached hydrogens (primary N) is 1. The molecule has 9 nitrogen and oxygen atoms in total. The zero-order valence-corrected chi connectivity index (χ0v) is 11.9. The van der Waals surface area contributed by atoms with Gasteiger partial charge in [-0.3, -0.25) is 0 Å². The summed E-state index contributed by atoms with van der Waals surface area (Å²) in [5.74, 6) is -2.56. The van der Waals surface area contributed by atoms with E-state index >= 15 is 0 Å². The fourth-order valence-corrected chi connectivity index (χ4v) is 1.43. The van der Waals surface area contributed by atoms with Crippen molar-refractivity contribution >= 4 is 11.9 Å². The Morgan fingerprint density at radius 1 is 0.955 bits per heavy atom. The maximum absolute atomic E-state index is 10.9. The molecule has 1 heterocycles. The van der Waals surface area contributed by atoms with Crippen LogP contribution in [0.3, 0.4) is 0 Å². The van der Waals surface area contributed by atoms with Gasteiger partial charge in [-0.15, -0.1) is 0 Å². The monoisotopic (exact) mass is 314 g/mol. The Labute approximate surface area is 126 Å². The lowest BCUT2D eigenvalue weighted by Gasteiger charge is -2.08. The molecule has 9 heteroatoms. The van der Waals surface area contributed by atoms with Gasteiger partial charge in [0, 0.05) is 18.7 Å². The highest BCUT2D eigenvalue weighted by molar-refractivity contribution is 5.90. The van der Waals surface area contributed by atoms with Crippen LogP contribution in [0.25, 0.3) is 0 Å². The molecule has 0 saturated carbocycles. The average molecular weight is 314 g/mol. The highest BCUT2D eigenvalue weighted by Crippen LogP contribution is 2.14. The van der Waals surface area contributed by atoms with Crippen LogP contribution in [-0.4, -0.2) is 66.7 Å². The van der Waals surface area contributed by atoms with Crippen LogP contribution in [0, 0.1) is 0 Å². The first-order valence-electron chi connectivity index (χ1n) is 6.51. The fraction of sp³-hybridized carbons (Fsp3) is 0.462. The van der Waals surface area contributed by atoms with E-state index in [4.69, 9.17) is 30.2 Å². The molecule has 1 aromatic heterocycles. The Balaban J connectivity index is 2.42. The third-order valence-corrected chi connectivity index (χ3v) is 2.37. The van der Waals surface area contributed by atoms with Gasteiger partial charge >= 0.3 is 11.9 Å². The van der Waals surface area contributed by atoms with Crippen LogP contribution >= 0.6 is 0 Å². The van der Waals surface area contributed by atoms with Crippen LogP contribution in [-0.2, 0) is 9.47 Å². The van der Waals surface area contributed by atoms with Crippen molar-refractivity contribution in [1.29, 1.82) is 0 Å². The molecular weight excluding hydrogens is 296 g/mol. The molecule has 0 saturated heterocycles. The lowest BCUT2D eigenvalue weighted by molar-refractivity contribution is 0.0387. The second-order valence-electron chi connectivity index (χ2n) is 4.05. The molecule has 0 unspecified atom stereocenters. The molecule has 0 amide bonds. The summed E-state index contributed by atoms with van der Waals surface area (Å²) in [5, 5.41) is 17.7. The summed E-state index contributed by atoms with van der Waals surface area (Å²) in [6.07, 6.45) is 0. The van der Waals surface area contributed by atoms with Crippen molar-refractivity contribution in [3.05, 3.63) is 23.5 Å². The van der Waals surface area contributed by atoms with Gasteiger partial charge in [-0.05, 0) is 0 Å². The zero-order chi connectivity index (χ0) is 16.4. The summed E-state index contributed by atoms with van der Waals surface area (Å²) in [6, 6.07) is 2.30. The largest absolute Gasteiger partial charge is 0.491 e. The molecule has 0 aliphatic heterocycles. The molecule has 0 spiro atoms. The van der Waals surface area contributed by atoms with Crippen LogP contribution in [0.5, 0.6) is 5.75 Å². The third-order valence-electron chi connectivity index (χ3n) is 2.37. The number of carboxylic acids is 2. The average Bonchev–Trinajstić information content (AvgIpc) is 2.49. The van der Waals surface area contributed by atoms with E-state index in [-0.39, 0.29) is 19.0 Å². The summed E-state index contributed by atoms with van der Waals surface area (Å²) >= 11 is 0. The molecular formula is C13H18N2O7. The van der Waals surface area contributed by atoms with E-state index in [9.17, 15) is 9.59 Å². The number of aromatic carboxylic acids is 2. The van der Waals surface area contributed by atoms with Crippen LogP contribution < -0.4 is 10.5 Å². The number of pyridine rings is 1. The first-order chi connectivity index (χ1) is 10.5. The molecule has 0 atom stereocenters. The van der Waals surface area contributed by atoms with E-state index in [0.717, 1.165) is 12.1 Å². The number of hydrogen-bond acceptors (Lipinski definition) is 7. The predicted octanol–water partition coefficient (Wildman–Crippen LogP) is -0.151. The Morgan fingerprint density at radius 2 is 1.45 bits per heavy atom. The number of hydrogen-bond donors (Lipinski definition) is 3. The van der Waals surface area contributed by atoms with Gasteiger partial charge in [0.2, 0.25) is 0 Å². The minimum atomic E-state index is -1.33. The maximum atomic E-state index is 10.9. The lowest BCUT2D eigenvalue weighted by atomic mass is 10.3. The first-order valence-corrected chi connectivity index (χ1v) is 6.51. The Bertz CT molecular complexity index is 475. The molecule has 22 heavy (non-hydrogen) atoms.